The number of rotatable bonds is 6. The minimum atomic E-state index is -0.938. The molecule has 1 spiro atoms. The molecule has 8 heteroatoms. The summed E-state index contributed by atoms with van der Waals surface area (Å²) in [6, 6.07) is 9.27. The van der Waals surface area contributed by atoms with E-state index in [2.05, 4.69) is 4.90 Å². The van der Waals surface area contributed by atoms with Crippen molar-refractivity contribution in [2.75, 3.05) is 45.9 Å². The summed E-state index contributed by atoms with van der Waals surface area (Å²) in [5, 5.41) is 9.35. The first-order chi connectivity index (χ1) is 14.5. The third-order valence-corrected chi connectivity index (χ3v) is 6.63. The molecule has 0 bridgehead atoms. The van der Waals surface area contributed by atoms with E-state index >= 15 is 0 Å². The Kier molecular flexibility index (Phi) is 6.06. The van der Waals surface area contributed by atoms with E-state index in [9.17, 15) is 19.5 Å². The maximum atomic E-state index is 13.3. The number of aliphatic hydroxyl groups is 1. The van der Waals surface area contributed by atoms with E-state index in [0.29, 0.717) is 39.0 Å². The van der Waals surface area contributed by atoms with Crippen LogP contribution in [0, 0.1) is 0 Å². The van der Waals surface area contributed by atoms with Gasteiger partial charge in [0.1, 0.15) is 5.54 Å². The number of imide groups is 1. The maximum absolute atomic E-state index is 13.3. The molecule has 0 unspecified atom stereocenters. The van der Waals surface area contributed by atoms with Crippen LogP contribution in [0.3, 0.4) is 0 Å². The molecule has 1 aromatic carbocycles. The van der Waals surface area contributed by atoms with E-state index in [4.69, 9.17) is 0 Å². The van der Waals surface area contributed by atoms with Gasteiger partial charge in [0.05, 0.1) is 19.7 Å². The topological polar surface area (TPSA) is 84.4 Å². The summed E-state index contributed by atoms with van der Waals surface area (Å²) >= 11 is 0. The molecular weight excluding hydrogens is 384 g/mol. The number of benzene rings is 1. The average Bonchev–Trinajstić information content (AvgIpc) is 3.34. The Hall–Kier alpha value is -2.45. The monoisotopic (exact) mass is 414 g/mol. The van der Waals surface area contributed by atoms with Gasteiger partial charge >= 0.3 is 6.03 Å². The van der Waals surface area contributed by atoms with Crippen molar-refractivity contribution >= 4 is 17.8 Å². The Labute approximate surface area is 177 Å². The standard InChI is InChI=1S/C22H30N4O4/c27-15-14-25-20(29)22(26(21(25)30)16-18-6-2-1-3-7-18)8-12-24(13-9-22)19(28)17-23-10-4-5-11-23/h1-3,6-7,27H,4-5,8-17H2. The summed E-state index contributed by atoms with van der Waals surface area (Å²) in [5.41, 5.74) is 0.0170. The number of hydrogen-bond acceptors (Lipinski definition) is 5. The summed E-state index contributed by atoms with van der Waals surface area (Å²) in [6.07, 6.45) is 3.14. The van der Waals surface area contributed by atoms with Gasteiger partial charge in [0, 0.05) is 19.6 Å². The number of aliphatic hydroxyl groups excluding tert-OH is 1. The number of likely N-dealkylation sites (tertiary alicyclic amines) is 2. The highest BCUT2D eigenvalue weighted by atomic mass is 16.3. The molecule has 0 saturated carbocycles. The quantitative estimate of drug-likeness (QED) is 0.700. The molecule has 0 aliphatic carbocycles. The van der Waals surface area contributed by atoms with Crippen LogP contribution >= 0.6 is 0 Å². The lowest BCUT2D eigenvalue weighted by atomic mass is 9.85. The summed E-state index contributed by atoms with van der Waals surface area (Å²) in [4.78, 5) is 45.9. The first-order valence-corrected chi connectivity index (χ1v) is 10.8. The van der Waals surface area contributed by atoms with E-state index in [-0.39, 0.29) is 31.0 Å². The van der Waals surface area contributed by atoms with Gasteiger partial charge in [0.25, 0.3) is 5.91 Å². The van der Waals surface area contributed by atoms with Crippen molar-refractivity contribution in [3.8, 4) is 0 Å². The van der Waals surface area contributed by atoms with Crippen LogP contribution in [-0.2, 0) is 16.1 Å². The van der Waals surface area contributed by atoms with E-state index in [1.165, 1.54) is 4.90 Å². The second-order valence-electron chi connectivity index (χ2n) is 8.43. The molecule has 3 aliphatic rings. The number of β-amino-alcohol motifs (C(OH)–C–C–N with tert-alkyl or cyclic N) is 1. The molecule has 3 fully saturated rings. The number of hydrogen-bond donors (Lipinski definition) is 1. The summed E-state index contributed by atoms with van der Waals surface area (Å²) < 4.78 is 0. The third-order valence-electron chi connectivity index (χ3n) is 6.63. The minimum Gasteiger partial charge on any atom is -0.395 e. The van der Waals surface area contributed by atoms with Gasteiger partial charge in [-0.2, -0.15) is 0 Å². The molecule has 0 radical (unpaired) electrons. The smallest absolute Gasteiger partial charge is 0.328 e. The molecule has 30 heavy (non-hydrogen) atoms. The number of carbonyl (C=O) groups is 3. The van der Waals surface area contributed by atoms with Crippen molar-refractivity contribution in [1.29, 1.82) is 0 Å². The van der Waals surface area contributed by atoms with Crippen LogP contribution in [0.4, 0.5) is 4.79 Å². The van der Waals surface area contributed by atoms with Gasteiger partial charge in [-0.3, -0.25) is 19.4 Å². The molecule has 1 aromatic rings. The first-order valence-electron chi connectivity index (χ1n) is 10.8. The van der Waals surface area contributed by atoms with Gasteiger partial charge in [-0.25, -0.2) is 4.79 Å². The predicted octanol–water partition coefficient (Wildman–Crippen LogP) is 0.900. The molecular formula is C22H30N4O4. The number of amides is 4. The van der Waals surface area contributed by atoms with Gasteiger partial charge in [-0.1, -0.05) is 30.3 Å². The fraction of sp³-hybridized carbons (Fsp3) is 0.591. The van der Waals surface area contributed by atoms with Crippen LogP contribution in [0.5, 0.6) is 0 Å². The van der Waals surface area contributed by atoms with E-state index in [0.717, 1.165) is 31.5 Å². The Bertz CT molecular complexity index is 786. The maximum Gasteiger partial charge on any atom is 0.328 e. The summed E-state index contributed by atoms with van der Waals surface area (Å²) in [5.74, 6) is -0.144. The van der Waals surface area contributed by atoms with Crippen molar-refractivity contribution in [3.05, 3.63) is 35.9 Å². The highest BCUT2D eigenvalue weighted by molar-refractivity contribution is 6.07. The molecule has 0 aromatic heterocycles. The van der Waals surface area contributed by atoms with E-state index in [1.54, 1.807) is 4.90 Å². The zero-order valence-electron chi connectivity index (χ0n) is 17.3. The van der Waals surface area contributed by atoms with Gasteiger partial charge in [0.15, 0.2) is 0 Å². The SMILES string of the molecule is O=C(CN1CCCC1)N1CCC2(CC1)C(=O)N(CCO)C(=O)N2Cc1ccccc1. The highest BCUT2D eigenvalue weighted by Crippen LogP contribution is 2.38. The largest absolute Gasteiger partial charge is 0.395 e. The first kappa shape index (κ1) is 20.8. The Morgan fingerprint density at radius 3 is 2.30 bits per heavy atom. The van der Waals surface area contributed by atoms with Crippen LogP contribution in [0.15, 0.2) is 30.3 Å². The lowest BCUT2D eigenvalue weighted by molar-refractivity contribution is -0.141. The van der Waals surface area contributed by atoms with Crippen LogP contribution in [0.1, 0.15) is 31.2 Å². The van der Waals surface area contributed by atoms with E-state index < -0.39 is 5.54 Å². The number of urea groups is 1. The molecule has 8 nitrogen and oxygen atoms in total. The molecule has 4 amide bonds. The van der Waals surface area contributed by atoms with Crippen LogP contribution in [0.25, 0.3) is 0 Å². The van der Waals surface area contributed by atoms with Crippen molar-refractivity contribution in [3.63, 3.8) is 0 Å². The Balaban J connectivity index is 1.50. The Morgan fingerprint density at radius 2 is 1.67 bits per heavy atom. The fourth-order valence-corrected chi connectivity index (χ4v) is 4.91. The van der Waals surface area contributed by atoms with Crippen LogP contribution in [0.2, 0.25) is 0 Å². The van der Waals surface area contributed by atoms with E-state index in [1.807, 2.05) is 35.2 Å². The van der Waals surface area contributed by atoms with Gasteiger partial charge < -0.3 is 14.9 Å². The van der Waals surface area contributed by atoms with Crippen molar-refractivity contribution in [1.82, 2.24) is 19.6 Å². The zero-order valence-corrected chi connectivity index (χ0v) is 17.3. The Morgan fingerprint density at radius 1 is 1.00 bits per heavy atom. The minimum absolute atomic E-state index is 0.00229. The van der Waals surface area contributed by atoms with Gasteiger partial charge in [0.2, 0.25) is 5.91 Å². The molecule has 3 heterocycles. The van der Waals surface area contributed by atoms with Crippen LogP contribution in [-0.4, -0.2) is 94.0 Å². The van der Waals surface area contributed by atoms with Crippen molar-refractivity contribution < 1.29 is 19.5 Å². The second kappa shape index (κ2) is 8.73. The van der Waals surface area contributed by atoms with Crippen molar-refractivity contribution in [2.24, 2.45) is 0 Å². The lowest BCUT2D eigenvalue weighted by Gasteiger charge is -2.42. The molecule has 0 atom stereocenters. The van der Waals surface area contributed by atoms with Crippen LogP contribution < -0.4 is 0 Å². The third kappa shape index (κ3) is 3.81. The predicted molar refractivity (Wildman–Crippen MR) is 110 cm³/mol. The molecule has 3 aliphatic heterocycles. The van der Waals surface area contributed by atoms with Gasteiger partial charge in [-0.05, 0) is 44.3 Å². The number of nitrogens with zero attached hydrogens (tertiary/aromatic N) is 4. The van der Waals surface area contributed by atoms with Crippen molar-refractivity contribution in [2.45, 2.75) is 37.8 Å². The number of carbonyl (C=O) groups excluding carboxylic acids is 3. The molecule has 4 rings (SSSR count). The lowest BCUT2D eigenvalue weighted by Crippen LogP contribution is -2.57. The molecule has 3 saturated heterocycles. The highest BCUT2D eigenvalue weighted by Gasteiger charge is 2.57. The fourth-order valence-electron chi connectivity index (χ4n) is 4.91. The summed E-state index contributed by atoms with van der Waals surface area (Å²) in [6.45, 7) is 3.39. The van der Waals surface area contributed by atoms with Gasteiger partial charge in [-0.15, -0.1) is 0 Å². The zero-order chi connectivity index (χ0) is 21.1. The molecule has 1 N–H and O–H groups in total. The molecule has 162 valence electrons. The normalized spacial score (nSPS) is 21.8. The number of piperidine rings is 1. The summed E-state index contributed by atoms with van der Waals surface area (Å²) in [7, 11) is 0. The second-order valence-corrected chi connectivity index (χ2v) is 8.43. The average molecular weight is 415 g/mol.